The molecule has 0 bridgehead atoms. The smallest absolute Gasteiger partial charge is 0.258 e. The van der Waals surface area contributed by atoms with Crippen LogP contribution in [0.3, 0.4) is 0 Å². The number of nitrogens with zero attached hydrogens (tertiary/aromatic N) is 1. The molecule has 0 spiro atoms. The molecule has 104 valence electrons. The first-order chi connectivity index (χ1) is 9.49. The Bertz CT molecular complexity index is 674. The monoisotopic (exact) mass is 297 g/mol. The minimum absolute atomic E-state index is 0.0122. The van der Waals surface area contributed by atoms with Crippen LogP contribution in [-0.4, -0.2) is 9.13 Å². The van der Waals surface area contributed by atoms with Crippen molar-refractivity contribution in [3.05, 3.63) is 69.8 Å². The summed E-state index contributed by atoms with van der Waals surface area (Å²) in [7, 11) is -1.60. The van der Waals surface area contributed by atoms with Gasteiger partial charge in [-0.3, -0.25) is 14.3 Å². The predicted octanol–water partition coefficient (Wildman–Crippen LogP) is 3.18. The molecule has 0 aliphatic carbocycles. The van der Waals surface area contributed by atoms with E-state index in [4.69, 9.17) is 0 Å². The van der Waals surface area contributed by atoms with Crippen LogP contribution >= 0.6 is 0 Å². The van der Waals surface area contributed by atoms with E-state index in [1.165, 1.54) is 24.3 Å². The van der Waals surface area contributed by atoms with Crippen molar-refractivity contribution in [3.8, 4) is 0 Å². The molecule has 0 aliphatic rings. The number of nitro benzene ring substituents is 1. The van der Waals surface area contributed by atoms with Gasteiger partial charge < -0.3 is 0 Å². The first-order valence-corrected chi connectivity index (χ1v) is 6.86. The Balaban J connectivity index is 2.26. The molecule has 1 atom stereocenters. The molecule has 20 heavy (non-hydrogen) atoms. The van der Waals surface area contributed by atoms with Crippen LogP contribution in [0.2, 0.25) is 0 Å². The van der Waals surface area contributed by atoms with Crippen LogP contribution in [0.25, 0.3) is 0 Å². The normalized spacial score (nSPS) is 12.1. The Labute approximate surface area is 115 Å². The van der Waals surface area contributed by atoms with Crippen LogP contribution in [0, 0.1) is 21.7 Å². The van der Waals surface area contributed by atoms with Gasteiger partial charge in [-0.15, -0.1) is 0 Å². The summed E-state index contributed by atoms with van der Waals surface area (Å²) < 4.78 is 38.6. The zero-order valence-corrected chi connectivity index (χ0v) is 10.9. The van der Waals surface area contributed by atoms with Gasteiger partial charge >= 0.3 is 5.69 Å². The van der Waals surface area contributed by atoms with Gasteiger partial charge in [-0.25, -0.2) is 4.39 Å². The quantitative estimate of drug-likeness (QED) is 0.643. The zero-order valence-electron chi connectivity index (χ0n) is 10.1. The average molecular weight is 297 g/mol. The maximum Gasteiger partial charge on any atom is 0.305 e. The van der Waals surface area contributed by atoms with Crippen molar-refractivity contribution < 1.29 is 17.9 Å². The summed E-state index contributed by atoms with van der Waals surface area (Å²) in [5, 5.41) is 10.6. The van der Waals surface area contributed by atoms with Gasteiger partial charge in [-0.1, -0.05) is 12.1 Å². The maximum absolute atomic E-state index is 13.8. The SMILES string of the molecule is O=[N+]([O-])c1cccc(CS(=O)c2ccc(F)cc2)c1F. The van der Waals surface area contributed by atoms with Gasteiger partial charge in [0.1, 0.15) is 5.82 Å². The first-order valence-electron chi connectivity index (χ1n) is 5.55. The molecule has 1 unspecified atom stereocenters. The summed E-state index contributed by atoms with van der Waals surface area (Å²) in [6, 6.07) is 8.68. The van der Waals surface area contributed by atoms with Gasteiger partial charge in [-0.2, -0.15) is 4.39 Å². The fourth-order valence-electron chi connectivity index (χ4n) is 1.63. The summed E-state index contributed by atoms with van der Waals surface area (Å²) in [4.78, 5) is 10.1. The number of hydrogen-bond donors (Lipinski definition) is 0. The molecule has 2 aromatic carbocycles. The van der Waals surface area contributed by atoms with Crippen molar-refractivity contribution >= 4 is 16.5 Å². The summed E-state index contributed by atoms with van der Waals surface area (Å²) in [6.45, 7) is 0. The van der Waals surface area contributed by atoms with Crippen molar-refractivity contribution in [2.75, 3.05) is 0 Å². The lowest BCUT2D eigenvalue weighted by Crippen LogP contribution is -2.02. The molecule has 7 heteroatoms. The number of benzene rings is 2. The van der Waals surface area contributed by atoms with Gasteiger partial charge in [-0.05, 0) is 24.3 Å². The lowest BCUT2D eigenvalue weighted by Gasteiger charge is -2.04. The second-order valence-electron chi connectivity index (χ2n) is 3.95. The maximum atomic E-state index is 13.8. The van der Waals surface area contributed by atoms with E-state index >= 15 is 0 Å². The number of halogens is 2. The van der Waals surface area contributed by atoms with Crippen LogP contribution in [0.4, 0.5) is 14.5 Å². The Morgan fingerprint density at radius 3 is 2.35 bits per heavy atom. The Morgan fingerprint density at radius 1 is 1.10 bits per heavy atom. The van der Waals surface area contributed by atoms with Gasteiger partial charge in [0.05, 0.1) is 21.5 Å². The van der Waals surface area contributed by atoms with Gasteiger partial charge in [0, 0.05) is 16.5 Å². The van der Waals surface area contributed by atoms with Crippen LogP contribution in [0.15, 0.2) is 47.4 Å². The summed E-state index contributed by atoms with van der Waals surface area (Å²) >= 11 is 0. The van der Waals surface area contributed by atoms with Crippen LogP contribution < -0.4 is 0 Å². The Hall–Kier alpha value is -2.15. The molecule has 4 nitrogen and oxygen atoms in total. The topological polar surface area (TPSA) is 60.2 Å². The number of nitro groups is 1. The van der Waals surface area contributed by atoms with Crippen LogP contribution in [0.5, 0.6) is 0 Å². The molecule has 0 N–H and O–H groups in total. The standard InChI is InChI=1S/C13H9F2NO3S/c14-10-4-6-11(7-5-10)20(19)8-9-2-1-3-12(13(9)15)16(17)18/h1-7H,8H2. The van der Waals surface area contributed by atoms with E-state index in [2.05, 4.69) is 0 Å². The molecular weight excluding hydrogens is 288 g/mol. The highest BCUT2D eigenvalue weighted by Crippen LogP contribution is 2.22. The second kappa shape index (κ2) is 5.87. The van der Waals surface area contributed by atoms with E-state index in [1.54, 1.807) is 0 Å². The van der Waals surface area contributed by atoms with E-state index in [9.17, 15) is 23.1 Å². The summed E-state index contributed by atoms with van der Waals surface area (Å²) in [5.74, 6) is -1.67. The lowest BCUT2D eigenvalue weighted by molar-refractivity contribution is -0.387. The van der Waals surface area contributed by atoms with Crippen molar-refractivity contribution in [1.82, 2.24) is 0 Å². The number of hydrogen-bond acceptors (Lipinski definition) is 3. The highest BCUT2D eigenvalue weighted by molar-refractivity contribution is 7.84. The van der Waals surface area contributed by atoms with E-state index in [0.29, 0.717) is 4.90 Å². The second-order valence-corrected chi connectivity index (χ2v) is 5.40. The molecule has 2 aromatic rings. The lowest BCUT2D eigenvalue weighted by atomic mass is 10.2. The third kappa shape index (κ3) is 3.05. The van der Waals surface area contributed by atoms with E-state index in [-0.39, 0.29) is 11.3 Å². The van der Waals surface area contributed by atoms with Crippen molar-refractivity contribution in [2.45, 2.75) is 10.6 Å². The fourth-order valence-corrected chi connectivity index (χ4v) is 2.74. The van der Waals surface area contributed by atoms with Crippen molar-refractivity contribution in [3.63, 3.8) is 0 Å². The fraction of sp³-hybridized carbons (Fsp3) is 0.0769. The van der Waals surface area contributed by atoms with Gasteiger partial charge in [0.25, 0.3) is 0 Å². The minimum atomic E-state index is -1.60. The van der Waals surface area contributed by atoms with Gasteiger partial charge in [0.2, 0.25) is 5.82 Å². The minimum Gasteiger partial charge on any atom is -0.258 e. The predicted molar refractivity (Wildman–Crippen MR) is 69.6 cm³/mol. The largest absolute Gasteiger partial charge is 0.305 e. The molecule has 0 fully saturated rings. The third-order valence-electron chi connectivity index (χ3n) is 2.62. The molecular formula is C13H9F2NO3S. The Morgan fingerprint density at radius 2 is 1.75 bits per heavy atom. The molecule has 0 radical (unpaired) electrons. The summed E-state index contributed by atoms with van der Waals surface area (Å²) in [5.41, 5.74) is -0.666. The number of rotatable bonds is 4. The zero-order chi connectivity index (χ0) is 14.7. The molecule has 0 aromatic heterocycles. The van der Waals surface area contributed by atoms with Crippen molar-refractivity contribution in [1.29, 1.82) is 0 Å². The van der Waals surface area contributed by atoms with E-state index in [0.717, 1.165) is 18.2 Å². The van der Waals surface area contributed by atoms with Crippen LogP contribution in [-0.2, 0) is 16.6 Å². The Kier molecular flexibility index (Phi) is 4.19. The highest BCUT2D eigenvalue weighted by atomic mass is 32.2. The third-order valence-corrected chi connectivity index (χ3v) is 3.99. The molecule has 2 rings (SSSR count). The molecule has 0 saturated heterocycles. The summed E-state index contributed by atoms with van der Waals surface area (Å²) in [6.07, 6.45) is 0. The van der Waals surface area contributed by atoms with Crippen LogP contribution in [0.1, 0.15) is 5.56 Å². The van der Waals surface area contributed by atoms with Crippen molar-refractivity contribution in [2.24, 2.45) is 0 Å². The highest BCUT2D eigenvalue weighted by Gasteiger charge is 2.18. The van der Waals surface area contributed by atoms with E-state index in [1.807, 2.05) is 0 Å². The van der Waals surface area contributed by atoms with Gasteiger partial charge in [0.15, 0.2) is 0 Å². The first kappa shape index (κ1) is 14.3. The average Bonchev–Trinajstić information content (AvgIpc) is 2.41. The molecule has 0 aliphatic heterocycles. The molecule has 0 amide bonds. The molecule has 0 saturated carbocycles. The van der Waals surface area contributed by atoms with E-state index < -0.39 is 33.0 Å². The molecule has 0 heterocycles.